The first-order valence-corrected chi connectivity index (χ1v) is 5.13. The number of carbonyl (C=O) groups excluding carboxylic acids is 1. The van der Waals surface area contributed by atoms with Gasteiger partial charge in [0.25, 0.3) is 0 Å². The van der Waals surface area contributed by atoms with Gasteiger partial charge in [-0.1, -0.05) is 30.3 Å². The third-order valence-corrected chi connectivity index (χ3v) is 2.63. The Bertz CT molecular complexity index is 411. The Balaban J connectivity index is 2.19. The van der Waals surface area contributed by atoms with Gasteiger partial charge in [0.1, 0.15) is 6.61 Å². The van der Waals surface area contributed by atoms with E-state index in [0.717, 1.165) is 5.56 Å². The van der Waals surface area contributed by atoms with Crippen molar-refractivity contribution in [2.75, 3.05) is 19.7 Å². The minimum absolute atomic E-state index is 0.00134. The third-order valence-electron chi connectivity index (χ3n) is 2.63. The van der Waals surface area contributed by atoms with Crippen LogP contribution in [0.1, 0.15) is 11.6 Å². The molecule has 2 rings (SSSR count). The summed E-state index contributed by atoms with van der Waals surface area (Å²) in [4.78, 5) is 13.0. The third kappa shape index (κ3) is 2.20. The molecule has 1 aromatic carbocycles. The van der Waals surface area contributed by atoms with Crippen molar-refractivity contribution in [1.82, 2.24) is 4.90 Å². The second-order valence-corrected chi connectivity index (χ2v) is 3.67. The Labute approximate surface area is 94.0 Å². The first-order valence-electron chi connectivity index (χ1n) is 5.13. The molecule has 82 valence electrons. The molecular formula is C12H12N2O2. The average molecular weight is 216 g/mol. The molecule has 1 aliphatic heterocycles. The van der Waals surface area contributed by atoms with Crippen LogP contribution in [0.4, 0.5) is 0 Å². The summed E-state index contributed by atoms with van der Waals surface area (Å²) in [5.74, 6) is -0.262. The summed E-state index contributed by atoms with van der Waals surface area (Å²) >= 11 is 0. The number of hydrogen-bond acceptors (Lipinski definition) is 4. The van der Waals surface area contributed by atoms with Crippen molar-refractivity contribution in [3.8, 4) is 6.07 Å². The largest absolute Gasteiger partial charge is 0.463 e. The maximum atomic E-state index is 11.2. The van der Waals surface area contributed by atoms with Gasteiger partial charge in [0.15, 0.2) is 0 Å². The van der Waals surface area contributed by atoms with Gasteiger partial charge < -0.3 is 4.74 Å². The van der Waals surface area contributed by atoms with Gasteiger partial charge in [0.05, 0.1) is 25.2 Å². The van der Waals surface area contributed by atoms with Crippen LogP contribution in [-0.2, 0) is 9.53 Å². The lowest BCUT2D eigenvalue weighted by atomic mass is 10.1. The van der Waals surface area contributed by atoms with Crippen LogP contribution in [0.15, 0.2) is 30.3 Å². The van der Waals surface area contributed by atoms with E-state index in [9.17, 15) is 4.79 Å². The Morgan fingerprint density at radius 1 is 1.44 bits per heavy atom. The van der Waals surface area contributed by atoms with Crippen LogP contribution in [0, 0.1) is 11.3 Å². The van der Waals surface area contributed by atoms with Crippen LogP contribution < -0.4 is 0 Å². The Morgan fingerprint density at radius 2 is 2.19 bits per heavy atom. The summed E-state index contributed by atoms with van der Waals surface area (Å²) in [5.41, 5.74) is 1.07. The zero-order chi connectivity index (χ0) is 11.4. The van der Waals surface area contributed by atoms with E-state index in [1.807, 2.05) is 35.2 Å². The molecule has 4 nitrogen and oxygen atoms in total. The number of hydrogen-bond donors (Lipinski definition) is 0. The van der Waals surface area contributed by atoms with Gasteiger partial charge >= 0.3 is 5.97 Å². The quantitative estimate of drug-likeness (QED) is 0.549. The molecule has 0 amide bonds. The molecule has 16 heavy (non-hydrogen) atoms. The summed E-state index contributed by atoms with van der Waals surface area (Å²) in [6, 6.07) is 11.9. The van der Waals surface area contributed by atoms with E-state index in [0.29, 0.717) is 6.61 Å². The van der Waals surface area contributed by atoms with Crippen molar-refractivity contribution < 1.29 is 9.53 Å². The van der Waals surface area contributed by atoms with E-state index in [4.69, 9.17) is 10.00 Å². The fraction of sp³-hybridized carbons (Fsp3) is 0.333. The van der Waals surface area contributed by atoms with E-state index in [-0.39, 0.29) is 25.1 Å². The van der Waals surface area contributed by atoms with Crippen LogP contribution in [0.2, 0.25) is 0 Å². The van der Waals surface area contributed by atoms with E-state index in [1.165, 1.54) is 0 Å². The van der Waals surface area contributed by atoms with Crippen LogP contribution >= 0.6 is 0 Å². The molecule has 0 aliphatic carbocycles. The molecule has 4 heteroatoms. The maximum Gasteiger partial charge on any atom is 0.320 e. The minimum Gasteiger partial charge on any atom is -0.463 e. The second kappa shape index (κ2) is 4.77. The molecule has 1 aromatic rings. The zero-order valence-corrected chi connectivity index (χ0v) is 8.80. The number of cyclic esters (lactones) is 1. The fourth-order valence-corrected chi connectivity index (χ4v) is 1.84. The van der Waals surface area contributed by atoms with Gasteiger partial charge in [0.2, 0.25) is 0 Å². The standard InChI is InChI=1S/C12H12N2O2/c13-6-7-14-8-12(15)16-9-11(14)10-4-2-1-3-5-10/h1-5,11H,7-9H2/t11-/m1/s1. The summed E-state index contributed by atoms with van der Waals surface area (Å²) in [7, 11) is 0. The highest BCUT2D eigenvalue weighted by Crippen LogP contribution is 2.23. The Morgan fingerprint density at radius 3 is 2.88 bits per heavy atom. The highest BCUT2D eigenvalue weighted by atomic mass is 16.5. The van der Waals surface area contributed by atoms with Crippen molar-refractivity contribution in [1.29, 1.82) is 5.26 Å². The Kier molecular flexibility index (Phi) is 3.18. The fourth-order valence-electron chi connectivity index (χ4n) is 1.84. The monoisotopic (exact) mass is 216 g/mol. The molecule has 0 spiro atoms. The van der Waals surface area contributed by atoms with Crippen LogP contribution in [0.5, 0.6) is 0 Å². The summed E-state index contributed by atoms with van der Waals surface area (Å²) in [6.45, 7) is 0.756. The first-order chi connectivity index (χ1) is 7.81. The number of carbonyl (C=O) groups is 1. The van der Waals surface area contributed by atoms with Gasteiger partial charge in [-0.2, -0.15) is 5.26 Å². The number of benzene rings is 1. The molecule has 0 unspecified atom stereocenters. The van der Waals surface area contributed by atoms with E-state index in [2.05, 4.69) is 6.07 Å². The van der Waals surface area contributed by atoms with Crippen molar-refractivity contribution in [3.05, 3.63) is 35.9 Å². The zero-order valence-electron chi connectivity index (χ0n) is 8.80. The van der Waals surface area contributed by atoms with Crippen LogP contribution in [0.3, 0.4) is 0 Å². The number of ether oxygens (including phenoxy) is 1. The topological polar surface area (TPSA) is 53.3 Å². The SMILES string of the molecule is N#CCN1CC(=O)OC[C@@H]1c1ccccc1. The van der Waals surface area contributed by atoms with Gasteiger partial charge in [-0.3, -0.25) is 9.69 Å². The maximum absolute atomic E-state index is 11.2. The second-order valence-electron chi connectivity index (χ2n) is 3.67. The lowest BCUT2D eigenvalue weighted by Crippen LogP contribution is -2.42. The molecule has 0 radical (unpaired) electrons. The molecule has 0 N–H and O–H groups in total. The smallest absolute Gasteiger partial charge is 0.320 e. The molecular weight excluding hydrogens is 204 g/mol. The minimum atomic E-state index is -0.262. The molecule has 1 fully saturated rings. The van der Waals surface area contributed by atoms with Gasteiger partial charge in [-0.15, -0.1) is 0 Å². The van der Waals surface area contributed by atoms with Gasteiger partial charge in [-0.25, -0.2) is 0 Å². The Hall–Kier alpha value is -1.86. The molecule has 1 heterocycles. The normalized spacial score (nSPS) is 21.2. The average Bonchev–Trinajstić information content (AvgIpc) is 2.31. The van der Waals surface area contributed by atoms with E-state index >= 15 is 0 Å². The van der Waals surface area contributed by atoms with Crippen molar-refractivity contribution in [2.45, 2.75) is 6.04 Å². The van der Waals surface area contributed by atoms with Crippen molar-refractivity contribution >= 4 is 5.97 Å². The number of nitrogens with zero attached hydrogens (tertiary/aromatic N) is 2. The van der Waals surface area contributed by atoms with Crippen LogP contribution in [0.25, 0.3) is 0 Å². The lowest BCUT2D eigenvalue weighted by molar-refractivity contribution is -0.154. The highest BCUT2D eigenvalue weighted by Gasteiger charge is 2.28. The van der Waals surface area contributed by atoms with Crippen LogP contribution in [-0.4, -0.2) is 30.6 Å². The number of rotatable bonds is 2. The molecule has 1 aliphatic rings. The highest BCUT2D eigenvalue weighted by molar-refractivity contribution is 5.72. The first kappa shape index (κ1) is 10.7. The summed E-state index contributed by atoms with van der Waals surface area (Å²) in [5, 5.41) is 8.73. The van der Waals surface area contributed by atoms with Crippen molar-refractivity contribution in [3.63, 3.8) is 0 Å². The van der Waals surface area contributed by atoms with E-state index < -0.39 is 0 Å². The van der Waals surface area contributed by atoms with E-state index in [1.54, 1.807) is 0 Å². The summed E-state index contributed by atoms with van der Waals surface area (Å²) in [6.07, 6.45) is 0. The number of esters is 1. The summed E-state index contributed by atoms with van der Waals surface area (Å²) < 4.78 is 5.03. The predicted molar refractivity (Wildman–Crippen MR) is 57.3 cm³/mol. The molecule has 0 aromatic heterocycles. The lowest BCUT2D eigenvalue weighted by Gasteiger charge is -2.32. The molecule has 0 saturated carbocycles. The van der Waals surface area contributed by atoms with Gasteiger partial charge in [0, 0.05) is 0 Å². The molecule has 0 bridgehead atoms. The number of morpholine rings is 1. The number of nitriles is 1. The predicted octanol–water partition coefficient (Wildman–Crippen LogP) is 1.11. The van der Waals surface area contributed by atoms with Gasteiger partial charge in [-0.05, 0) is 5.56 Å². The molecule has 1 atom stereocenters. The van der Waals surface area contributed by atoms with Crippen molar-refractivity contribution in [2.24, 2.45) is 0 Å². The molecule has 1 saturated heterocycles.